The Labute approximate surface area is 107 Å². The van der Waals surface area contributed by atoms with Crippen LogP contribution in [-0.2, 0) is 6.54 Å². The summed E-state index contributed by atoms with van der Waals surface area (Å²) in [5.74, 6) is -1.05. The monoisotopic (exact) mass is 281 g/mol. The highest BCUT2D eigenvalue weighted by Gasteiger charge is 2.30. The Morgan fingerprint density at radius 2 is 2.11 bits per heavy atom. The molecule has 0 atom stereocenters. The largest absolute Gasteiger partial charge is 0.477 e. The third-order valence-electron chi connectivity index (χ3n) is 2.48. The summed E-state index contributed by atoms with van der Waals surface area (Å²) in [6.07, 6.45) is -4.24. The first kappa shape index (κ1) is 15.0. The summed E-state index contributed by atoms with van der Waals surface area (Å²) in [5.41, 5.74) is 0.642. The lowest BCUT2D eigenvalue weighted by molar-refractivity contribution is -0.146. The fourth-order valence-electron chi connectivity index (χ4n) is 1.56. The molecule has 0 aliphatic heterocycles. The summed E-state index contributed by atoms with van der Waals surface area (Å²) in [6.45, 7) is 2.75. The van der Waals surface area contributed by atoms with Crippen molar-refractivity contribution >= 4 is 17.3 Å². The molecular weight excluding hydrogens is 267 g/mol. The number of halogens is 3. The number of aromatic carboxylic acids is 1. The van der Waals surface area contributed by atoms with Gasteiger partial charge in [0.25, 0.3) is 0 Å². The number of hydrogen-bond acceptors (Lipinski definition) is 3. The van der Waals surface area contributed by atoms with Crippen molar-refractivity contribution in [2.75, 3.05) is 13.1 Å². The lowest BCUT2D eigenvalue weighted by Crippen LogP contribution is -2.33. The number of nitrogens with zero attached hydrogens (tertiary/aromatic N) is 1. The van der Waals surface area contributed by atoms with Gasteiger partial charge in [-0.15, -0.1) is 11.3 Å². The third-order valence-corrected chi connectivity index (χ3v) is 3.56. The van der Waals surface area contributed by atoms with Crippen LogP contribution in [0.25, 0.3) is 0 Å². The van der Waals surface area contributed by atoms with E-state index in [0.29, 0.717) is 5.56 Å². The van der Waals surface area contributed by atoms with Crippen LogP contribution < -0.4 is 0 Å². The molecule has 0 saturated carbocycles. The Balaban J connectivity index is 2.79. The van der Waals surface area contributed by atoms with Crippen LogP contribution in [0.2, 0.25) is 0 Å². The molecule has 0 radical (unpaired) electrons. The third kappa shape index (κ3) is 4.30. The predicted octanol–water partition coefficient (Wildman–Crippen LogP) is 3.14. The topological polar surface area (TPSA) is 40.5 Å². The molecule has 18 heavy (non-hydrogen) atoms. The second kappa shape index (κ2) is 5.71. The van der Waals surface area contributed by atoms with Gasteiger partial charge in [-0.05, 0) is 25.1 Å². The van der Waals surface area contributed by atoms with Crippen molar-refractivity contribution < 1.29 is 23.1 Å². The summed E-state index contributed by atoms with van der Waals surface area (Å²) in [7, 11) is 0. The van der Waals surface area contributed by atoms with Crippen molar-refractivity contribution in [2.45, 2.75) is 26.6 Å². The molecule has 0 saturated heterocycles. The van der Waals surface area contributed by atoms with Crippen LogP contribution in [0.4, 0.5) is 13.2 Å². The Morgan fingerprint density at radius 3 is 2.50 bits per heavy atom. The molecule has 1 rings (SSSR count). The zero-order valence-electron chi connectivity index (χ0n) is 10.0. The van der Waals surface area contributed by atoms with Crippen LogP contribution >= 0.6 is 11.3 Å². The summed E-state index contributed by atoms with van der Waals surface area (Å²) in [5, 5.41) is 8.82. The summed E-state index contributed by atoms with van der Waals surface area (Å²) < 4.78 is 36.9. The fraction of sp³-hybridized carbons (Fsp3) is 0.545. The summed E-state index contributed by atoms with van der Waals surface area (Å²) in [4.78, 5) is 12.9. The standard InChI is InChI=1S/C11H14F3NO2S/c1-3-15(6-11(12,13)14)5-8-4-9(10(16)17)18-7(8)2/h4H,3,5-6H2,1-2H3,(H,16,17). The molecule has 1 aromatic rings. The van der Waals surface area contributed by atoms with E-state index in [2.05, 4.69) is 0 Å². The molecule has 0 amide bonds. The van der Waals surface area contributed by atoms with Gasteiger partial charge in [0.2, 0.25) is 0 Å². The van der Waals surface area contributed by atoms with E-state index in [-0.39, 0.29) is 18.0 Å². The quantitative estimate of drug-likeness (QED) is 0.901. The Morgan fingerprint density at radius 1 is 1.50 bits per heavy atom. The molecule has 0 aliphatic rings. The molecule has 0 bridgehead atoms. The fourth-order valence-corrected chi connectivity index (χ4v) is 2.43. The van der Waals surface area contributed by atoms with Gasteiger partial charge in [0, 0.05) is 11.4 Å². The highest BCUT2D eigenvalue weighted by molar-refractivity contribution is 7.14. The number of carbonyl (C=O) groups is 1. The molecule has 0 unspecified atom stereocenters. The molecule has 1 heterocycles. The zero-order valence-corrected chi connectivity index (χ0v) is 10.9. The van der Waals surface area contributed by atoms with Crippen LogP contribution in [0.15, 0.2) is 6.07 Å². The van der Waals surface area contributed by atoms with Crippen molar-refractivity contribution in [3.8, 4) is 0 Å². The predicted molar refractivity (Wildman–Crippen MR) is 63.0 cm³/mol. The summed E-state index contributed by atoms with van der Waals surface area (Å²) in [6, 6.07) is 1.45. The van der Waals surface area contributed by atoms with Gasteiger partial charge in [0.05, 0.1) is 6.54 Å². The van der Waals surface area contributed by atoms with E-state index >= 15 is 0 Å². The van der Waals surface area contributed by atoms with Gasteiger partial charge >= 0.3 is 12.1 Å². The lowest BCUT2D eigenvalue weighted by Gasteiger charge is -2.21. The van der Waals surface area contributed by atoms with Crippen LogP contribution in [0.5, 0.6) is 0 Å². The normalized spacial score (nSPS) is 12.1. The van der Waals surface area contributed by atoms with Crippen molar-refractivity contribution in [3.63, 3.8) is 0 Å². The average Bonchev–Trinajstić information content (AvgIpc) is 2.57. The molecular formula is C11H14F3NO2S. The van der Waals surface area contributed by atoms with Crippen molar-refractivity contribution in [3.05, 3.63) is 21.4 Å². The minimum Gasteiger partial charge on any atom is -0.477 e. The molecule has 1 aromatic heterocycles. The minimum atomic E-state index is -4.24. The molecule has 7 heteroatoms. The van der Waals surface area contributed by atoms with Crippen molar-refractivity contribution in [1.82, 2.24) is 4.90 Å². The first-order valence-corrected chi connectivity index (χ1v) is 6.16. The number of carboxylic acid groups (broad SMARTS) is 1. The number of aryl methyl sites for hydroxylation is 1. The summed E-state index contributed by atoms with van der Waals surface area (Å²) >= 11 is 1.09. The minimum absolute atomic E-state index is 0.117. The molecule has 102 valence electrons. The molecule has 0 aromatic carbocycles. The number of rotatable bonds is 5. The number of alkyl halides is 3. The van der Waals surface area contributed by atoms with E-state index in [1.54, 1.807) is 13.8 Å². The van der Waals surface area contributed by atoms with E-state index in [1.807, 2.05) is 0 Å². The van der Waals surface area contributed by atoms with Gasteiger partial charge in [-0.25, -0.2) is 4.79 Å². The van der Waals surface area contributed by atoms with E-state index in [4.69, 9.17) is 5.11 Å². The van der Waals surface area contributed by atoms with E-state index < -0.39 is 18.7 Å². The van der Waals surface area contributed by atoms with Crippen LogP contribution in [-0.4, -0.2) is 35.2 Å². The Kier molecular flexibility index (Phi) is 4.75. The maximum atomic E-state index is 12.3. The van der Waals surface area contributed by atoms with Crippen molar-refractivity contribution in [2.24, 2.45) is 0 Å². The maximum absolute atomic E-state index is 12.3. The van der Waals surface area contributed by atoms with E-state index in [0.717, 1.165) is 16.2 Å². The van der Waals surface area contributed by atoms with Gasteiger partial charge < -0.3 is 5.11 Å². The molecule has 0 aliphatic carbocycles. The van der Waals surface area contributed by atoms with E-state index in [9.17, 15) is 18.0 Å². The number of thiophene rings is 1. The zero-order chi connectivity index (χ0) is 13.9. The van der Waals surface area contributed by atoms with Gasteiger partial charge in [0.15, 0.2) is 0 Å². The Bertz CT molecular complexity index is 428. The molecule has 3 nitrogen and oxygen atoms in total. The molecule has 0 fully saturated rings. The first-order chi connectivity index (χ1) is 8.23. The van der Waals surface area contributed by atoms with Crippen LogP contribution in [0.1, 0.15) is 27.0 Å². The Hall–Kier alpha value is -1.08. The smallest absolute Gasteiger partial charge is 0.401 e. The first-order valence-electron chi connectivity index (χ1n) is 5.34. The van der Waals surface area contributed by atoms with Crippen LogP contribution in [0, 0.1) is 6.92 Å². The van der Waals surface area contributed by atoms with Crippen molar-refractivity contribution in [1.29, 1.82) is 0 Å². The molecule has 0 spiro atoms. The number of hydrogen-bond donors (Lipinski definition) is 1. The highest BCUT2D eigenvalue weighted by atomic mass is 32.1. The van der Waals surface area contributed by atoms with Gasteiger partial charge in [-0.2, -0.15) is 13.2 Å². The van der Waals surface area contributed by atoms with E-state index in [1.165, 1.54) is 11.0 Å². The van der Waals surface area contributed by atoms with Gasteiger partial charge in [-0.3, -0.25) is 4.90 Å². The average molecular weight is 281 g/mol. The maximum Gasteiger partial charge on any atom is 0.401 e. The molecule has 1 N–H and O–H groups in total. The second-order valence-electron chi connectivity index (χ2n) is 3.92. The number of carboxylic acids is 1. The van der Waals surface area contributed by atoms with Gasteiger partial charge in [-0.1, -0.05) is 6.92 Å². The van der Waals surface area contributed by atoms with Gasteiger partial charge in [0.1, 0.15) is 4.88 Å². The lowest BCUT2D eigenvalue weighted by atomic mass is 10.2. The highest BCUT2D eigenvalue weighted by Crippen LogP contribution is 2.24. The SMILES string of the molecule is CCN(Cc1cc(C(=O)O)sc1C)CC(F)(F)F. The van der Waals surface area contributed by atoms with Crippen LogP contribution in [0.3, 0.4) is 0 Å². The second-order valence-corrected chi connectivity index (χ2v) is 5.17.